The summed E-state index contributed by atoms with van der Waals surface area (Å²) >= 11 is 0. The van der Waals surface area contributed by atoms with Crippen LogP contribution in [0.1, 0.15) is 86.5 Å². The first-order chi connectivity index (χ1) is 22.8. The lowest BCUT2D eigenvalue weighted by Gasteiger charge is -2.24. The molecule has 0 heteroatoms. The number of hydrogen-bond donors (Lipinski definition) is 0. The van der Waals surface area contributed by atoms with Crippen LogP contribution in [0.25, 0.3) is 75.8 Å². The molecule has 0 aliphatic heterocycles. The maximum absolute atomic E-state index is 2.60. The molecule has 0 saturated heterocycles. The average Bonchev–Trinajstić information content (AvgIpc) is 3.11. The van der Waals surface area contributed by atoms with Gasteiger partial charge in [-0.25, -0.2) is 0 Å². The molecular weight excluding hydrogens is 553 g/mol. The van der Waals surface area contributed by atoms with E-state index in [9.17, 15) is 0 Å². The topological polar surface area (TPSA) is 0 Å². The zero-order valence-electron chi connectivity index (χ0n) is 27.0. The van der Waals surface area contributed by atoms with Crippen molar-refractivity contribution in [1.29, 1.82) is 0 Å². The van der Waals surface area contributed by atoms with E-state index in [1.807, 2.05) is 0 Å². The van der Waals surface area contributed by atoms with Gasteiger partial charge in [0.15, 0.2) is 0 Å². The minimum absolute atomic E-state index is 1.15. The Bertz CT molecular complexity index is 2210. The lowest BCUT2D eigenvalue weighted by atomic mass is 9.80. The Morgan fingerprint density at radius 3 is 1.02 bits per heavy atom. The number of aryl methyl sites for hydroxylation is 4. The normalized spacial score (nSPS) is 16.8. The van der Waals surface area contributed by atoms with Crippen LogP contribution in [0.2, 0.25) is 0 Å². The summed E-state index contributed by atoms with van der Waals surface area (Å²) in [6, 6.07) is 34.7. The molecule has 226 valence electrons. The molecule has 0 amide bonds. The Labute approximate surface area is 272 Å². The minimum Gasteiger partial charge on any atom is -0.0537 e. The van der Waals surface area contributed by atoms with Crippen LogP contribution < -0.4 is 0 Å². The highest BCUT2D eigenvalue weighted by molar-refractivity contribution is 6.30. The highest BCUT2D eigenvalue weighted by Gasteiger charge is 2.23. The standard InChI is InChI=1S/C46H42/c1-3-7-11-29-23-33-15-17-37-27-31(13-9-5-1)45(39-21-19-35(25-29)41(33)43(37)39)46-32-14-10-6-2-4-8-12-30-24-34-16-18-38(28-32)44-40(46)22-20-36(26-30)42(34)44/h15-28H,1-14H2. The van der Waals surface area contributed by atoms with Gasteiger partial charge in [0.05, 0.1) is 0 Å². The van der Waals surface area contributed by atoms with Gasteiger partial charge in [-0.15, -0.1) is 0 Å². The van der Waals surface area contributed by atoms with Gasteiger partial charge in [-0.2, -0.15) is 0 Å². The molecule has 14 rings (SSSR count). The molecule has 0 atom stereocenters. The second-order valence-electron chi connectivity index (χ2n) is 14.7. The largest absolute Gasteiger partial charge is 0.0537 e. The fourth-order valence-corrected chi connectivity index (χ4v) is 9.66. The summed E-state index contributed by atoms with van der Waals surface area (Å²) in [7, 11) is 0. The third kappa shape index (κ3) is 4.18. The molecule has 46 heavy (non-hydrogen) atoms. The van der Waals surface area contributed by atoms with E-state index in [0.717, 1.165) is 12.8 Å². The van der Waals surface area contributed by atoms with Crippen LogP contribution in [0.3, 0.4) is 0 Å². The maximum Gasteiger partial charge on any atom is -0.00204 e. The molecular formula is C46H42. The van der Waals surface area contributed by atoms with E-state index in [-0.39, 0.29) is 0 Å². The monoisotopic (exact) mass is 594 g/mol. The van der Waals surface area contributed by atoms with Crippen molar-refractivity contribution in [3.8, 4) is 11.1 Å². The van der Waals surface area contributed by atoms with Crippen molar-refractivity contribution in [2.24, 2.45) is 0 Å². The molecule has 6 aliphatic carbocycles. The molecule has 8 aromatic carbocycles. The number of benzene rings is 8. The van der Waals surface area contributed by atoms with Crippen LogP contribution in [0.15, 0.2) is 84.9 Å². The van der Waals surface area contributed by atoms with Crippen LogP contribution in [0, 0.1) is 0 Å². The Kier molecular flexibility index (Phi) is 6.28. The van der Waals surface area contributed by atoms with Crippen molar-refractivity contribution in [3.63, 3.8) is 0 Å². The van der Waals surface area contributed by atoms with Gasteiger partial charge in [-0.1, -0.05) is 123 Å². The van der Waals surface area contributed by atoms with Crippen LogP contribution in [-0.4, -0.2) is 0 Å². The van der Waals surface area contributed by atoms with Gasteiger partial charge in [0.1, 0.15) is 0 Å². The summed E-state index contributed by atoms with van der Waals surface area (Å²) in [4.78, 5) is 0. The van der Waals surface area contributed by atoms with Gasteiger partial charge in [-0.3, -0.25) is 0 Å². The molecule has 8 aromatic rings. The molecule has 6 aliphatic rings. The first-order valence-corrected chi connectivity index (χ1v) is 18.3. The summed E-state index contributed by atoms with van der Waals surface area (Å²) in [5.74, 6) is 0. The highest BCUT2D eigenvalue weighted by atomic mass is 14.3. The third-order valence-corrected chi connectivity index (χ3v) is 11.8. The van der Waals surface area contributed by atoms with E-state index in [4.69, 9.17) is 0 Å². The van der Waals surface area contributed by atoms with Crippen LogP contribution in [0.4, 0.5) is 0 Å². The summed E-state index contributed by atoms with van der Waals surface area (Å²) < 4.78 is 0. The van der Waals surface area contributed by atoms with Gasteiger partial charge in [0, 0.05) is 0 Å². The Balaban J connectivity index is 1.35. The van der Waals surface area contributed by atoms with E-state index in [1.54, 1.807) is 11.1 Å². The lowest BCUT2D eigenvalue weighted by Crippen LogP contribution is -2.00. The molecule has 0 radical (unpaired) electrons. The van der Waals surface area contributed by atoms with Crippen molar-refractivity contribution in [2.45, 2.75) is 89.9 Å². The molecule has 0 aromatic heterocycles. The van der Waals surface area contributed by atoms with Crippen LogP contribution in [0.5, 0.6) is 0 Å². The van der Waals surface area contributed by atoms with Crippen molar-refractivity contribution in [1.82, 2.24) is 0 Å². The van der Waals surface area contributed by atoms with Gasteiger partial charge in [0.25, 0.3) is 0 Å². The fourth-order valence-electron chi connectivity index (χ4n) is 9.66. The fraction of sp³-hybridized carbons (Fsp3) is 0.304. The predicted octanol–water partition coefficient (Wildman–Crippen LogP) is 13.2. The zero-order chi connectivity index (χ0) is 30.2. The lowest BCUT2D eigenvalue weighted by molar-refractivity contribution is 0.613. The summed E-state index contributed by atoms with van der Waals surface area (Å²) in [5.41, 5.74) is 9.17. The average molecular weight is 595 g/mol. The quantitative estimate of drug-likeness (QED) is 0.166. The van der Waals surface area contributed by atoms with Crippen LogP contribution in [-0.2, 0) is 25.7 Å². The smallest absolute Gasteiger partial charge is 0.00204 e. The van der Waals surface area contributed by atoms with Crippen molar-refractivity contribution < 1.29 is 0 Å². The number of hydrogen-bond acceptors (Lipinski definition) is 0. The second-order valence-corrected chi connectivity index (χ2v) is 14.7. The molecule has 0 spiro atoms. The number of rotatable bonds is 1. The predicted molar refractivity (Wildman–Crippen MR) is 200 cm³/mol. The van der Waals surface area contributed by atoms with Gasteiger partial charge >= 0.3 is 0 Å². The van der Waals surface area contributed by atoms with E-state index in [1.165, 1.54) is 164 Å². The van der Waals surface area contributed by atoms with E-state index >= 15 is 0 Å². The molecule has 0 N–H and O–H groups in total. The Morgan fingerprint density at radius 1 is 0.283 bits per heavy atom. The minimum atomic E-state index is 1.15. The first-order valence-electron chi connectivity index (χ1n) is 18.3. The van der Waals surface area contributed by atoms with E-state index in [2.05, 4.69) is 84.9 Å². The van der Waals surface area contributed by atoms with E-state index in [0.29, 0.717) is 0 Å². The van der Waals surface area contributed by atoms with Gasteiger partial charge < -0.3 is 0 Å². The Morgan fingerprint density at radius 2 is 0.609 bits per heavy atom. The summed E-state index contributed by atoms with van der Waals surface area (Å²) in [6.07, 6.45) is 17.8. The summed E-state index contributed by atoms with van der Waals surface area (Å²) in [6.45, 7) is 0. The third-order valence-electron chi connectivity index (χ3n) is 11.8. The molecule has 0 unspecified atom stereocenters. The van der Waals surface area contributed by atoms with Gasteiger partial charge in [0.2, 0.25) is 0 Å². The van der Waals surface area contributed by atoms with Gasteiger partial charge in [-0.05, 0) is 149 Å². The van der Waals surface area contributed by atoms with Crippen molar-refractivity contribution in [3.05, 3.63) is 107 Å². The molecule has 0 nitrogen and oxygen atoms in total. The molecule has 16 bridgehead atoms. The first kappa shape index (κ1) is 27.0. The second kappa shape index (κ2) is 10.7. The van der Waals surface area contributed by atoms with Crippen LogP contribution >= 0.6 is 0 Å². The molecule has 0 saturated carbocycles. The van der Waals surface area contributed by atoms with Crippen molar-refractivity contribution >= 4 is 64.6 Å². The molecule has 0 heterocycles. The maximum atomic E-state index is 2.60. The summed E-state index contributed by atoms with van der Waals surface area (Å²) in [5, 5.41) is 17.3. The van der Waals surface area contributed by atoms with Crippen molar-refractivity contribution in [2.75, 3.05) is 0 Å². The van der Waals surface area contributed by atoms with E-state index < -0.39 is 0 Å². The highest BCUT2D eigenvalue weighted by Crippen LogP contribution is 2.48. The zero-order valence-corrected chi connectivity index (χ0v) is 27.0. The SMILES string of the molecule is c1cc2cc3c(-c4c5cc6ccc7cc(cc8ccc4c6c78)CCCCCCC5)c4ccc5cc(cc1c5c24)CCCCCCC3. The number of fused-ring (bicyclic) bond motifs is 3. The molecule has 0 fully saturated rings. The Hall–Kier alpha value is -4.16.